The van der Waals surface area contributed by atoms with Crippen LogP contribution in [0, 0.1) is 6.92 Å². The third kappa shape index (κ3) is 3.20. The second-order valence-electron chi connectivity index (χ2n) is 6.89. The molecular weight excluding hydrogens is 328 g/mol. The first-order chi connectivity index (χ1) is 12.6. The summed E-state index contributed by atoms with van der Waals surface area (Å²) in [6.07, 6.45) is 1.82. The molecule has 4 rings (SSSR count). The van der Waals surface area contributed by atoms with Crippen LogP contribution in [0.25, 0.3) is 11.0 Å². The summed E-state index contributed by atoms with van der Waals surface area (Å²) in [4.78, 5) is 26.4. The lowest BCUT2D eigenvalue weighted by Gasteiger charge is -2.18. The highest BCUT2D eigenvalue weighted by Crippen LogP contribution is 2.29. The summed E-state index contributed by atoms with van der Waals surface area (Å²) in [6.45, 7) is 3.41. The first kappa shape index (κ1) is 16.7. The fourth-order valence-electron chi connectivity index (χ4n) is 3.66. The lowest BCUT2D eigenvalue weighted by atomic mass is 10.0. The van der Waals surface area contributed by atoms with Crippen LogP contribution in [0.15, 0.2) is 42.6 Å². The zero-order chi connectivity index (χ0) is 18.1. The van der Waals surface area contributed by atoms with Crippen molar-refractivity contribution in [3.8, 4) is 0 Å². The Bertz CT molecular complexity index is 903. The Hall–Kier alpha value is -2.73. The molecule has 1 aliphatic rings. The van der Waals surface area contributed by atoms with Crippen molar-refractivity contribution in [2.75, 3.05) is 13.1 Å². The van der Waals surface area contributed by atoms with Crippen molar-refractivity contribution < 1.29 is 9.90 Å². The number of aromatic amines is 1. The number of aliphatic hydroxyl groups excluding tert-OH is 1. The number of aliphatic hydroxyl groups is 1. The monoisotopic (exact) mass is 350 g/mol. The van der Waals surface area contributed by atoms with Crippen LogP contribution in [0.4, 0.5) is 0 Å². The molecule has 134 valence electrons. The highest BCUT2D eigenvalue weighted by Gasteiger charge is 2.30. The fourth-order valence-corrected chi connectivity index (χ4v) is 3.66. The number of fused-ring (bicyclic) bond motifs is 1. The van der Waals surface area contributed by atoms with Gasteiger partial charge in [0.1, 0.15) is 11.9 Å². The molecule has 1 fully saturated rings. The van der Waals surface area contributed by atoms with E-state index in [-0.39, 0.29) is 18.2 Å². The quantitative estimate of drug-likeness (QED) is 0.758. The Labute approximate surface area is 151 Å². The fraction of sp³-hybridized carbons (Fsp3) is 0.350. The number of hydrogen-bond donors (Lipinski definition) is 2. The molecule has 0 bridgehead atoms. The largest absolute Gasteiger partial charge is 0.385 e. The topological polar surface area (TPSA) is 82.1 Å². The molecule has 6 nitrogen and oxygen atoms in total. The van der Waals surface area contributed by atoms with E-state index in [4.69, 9.17) is 0 Å². The van der Waals surface area contributed by atoms with Gasteiger partial charge in [-0.05, 0) is 37.1 Å². The van der Waals surface area contributed by atoms with E-state index < -0.39 is 6.10 Å². The Kier molecular flexibility index (Phi) is 4.42. The van der Waals surface area contributed by atoms with Crippen LogP contribution < -0.4 is 0 Å². The standard InChI is InChI=1S/C20H22N4O2/c1-13-5-4-9-21-19(13)14-8-10-24(12-14)18(26)11-17(25)20-22-15-6-2-3-7-16(15)23-20/h2-7,9,14,17,25H,8,10-12H2,1H3,(H,22,23). The van der Waals surface area contributed by atoms with Crippen molar-refractivity contribution in [1.82, 2.24) is 19.9 Å². The number of carbonyl (C=O) groups excluding carboxylic acids is 1. The van der Waals surface area contributed by atoms with E-state index in [1.54, 1.807) is 6.20 Å². The minimum atomic E-state index is -0.925. The van der Waals surface area contributed by atoms with Gasteiger partial charge in [-0.2, -0.15) is 0 Å². The third-order valence-electron chi connectivity index (χ3n) is 5.07. The number of amides is 1. The summed E-state index contributed by atoms with van der Waals surface area (Å²) in [5.74, 6) is 0.661. The number of hydrogen-bond acceptors (Lipinski definition) is 4. The van der Waals surface area contributed by atoms with Crippen LogP contribution >= 0.6 is 0 Å². The van der Waals surface area contributed by atoms with Gasteiger partial charge in [0.05, 0.1) is 17.5 Å². The summed E-state index contributed by atoms with van der Waals surface area (Å²) < 4.78 is 0. The van der Waals surface area contributed by atoms with Crippen molar-refractivity contribution in [3.05, 3.63) is 59.7 Å². The molecule has 1 saturated heterocycles. The van der Waals surface area contributed by atoms with Gasteiger partial charge >= 0.3 is 0 Å². The van der Waals surface area contributed by atoms with Gasteiger partial charge in [0.25, 0.3) is 0 Å². The number of aromatic nitrogens is 3. The molecule has 1 amide bonds. The molecule has 1 aromatic carbocycles. The second-order valence-corrected chi connectivity index (χ2v) is 6.89. The number of likely N-dealkylation sites (tertiary alicyclic amines) is 1. The van der Waals surface area contributed by atoms with E-state index in [2.05, 4.69) is 27.9 Å². The van der Waals surface area contributed by atoms with Crippen LogP contribution in [0.1, 0.15) is 41.9 Å². The molecule has 0 aliphatic carbocycles. The number of para-hydroxylation sites is 2. The number of nitrogens with one attached hydrogen (secondary N) is 1. The molecule has 6 heteroatoms. The van der Waals surface area contributed by atoms with Crippen LogP contribution in [-0.4, -0.2) is 44.0 Å². The number of imidazole rings is 1. The van der Waals surface area contributed by atoms with Crippen LogP contribution in [0.5, 0.6) is 0 Å². The predicted octanol–water partition coefficient (Wildman–Crippen LogP) is 2.71. The molecule has 2 N–H and O–H groups in total. The number of carbonyl (C=O) groups is 1. The zero-order valence-electron chi connectivity index (χ0n) is 14.7. The highest BCUT2D eigenvalue weighted by molar-refractivity contribution is 5.78. The molecule has 0 saturated carbocycles. The lowest BCUT2D eigenvalue weighted by Crippen LogP contribution is -2.30. The average molecular weight is 350 g/mol. The van der Waals surface area contributed by atoms with E-state index >= 15 is 0 Å². The minimum absolute atomic E-state index is 0.0355. The lowest BCUT2D eigenvalue weighted by molar-refractivity contribution is -0.132. The van der Waals surface area contributed by atoms with E-state index in [0.717, 1.165) is 28.7 Å². The van der Waals surface area contributed by atoms with E-state index in [0.29, 0.717) is 18.9 Å². The molecule has 3 aromatic rings. The van der Waals surface area contributed by atoms with Gasteiger partial charge in [-0.15, -0.1) is 0 Å². The molecule has 26 heavy (non-hydrogen) atoms. The van der Waals surface area contributed by atoms with Gasteiger partial charge in [0, 0.05) is 30.9 Å². The van der Waals surface area contributed by atoms with Gasteiger partial charge in [-0.3, -0.25) is 9.78 Å². The van der Waals surface area contributed by atoms with Gasteiger partial charge in [-0.1, -0.05) is 18.2 Å². The number of H-pyrrole nitrogens is 1. The predicted molar refractivity (Wildman–Crippen MR) is 98.6 cm³/mol. The first-order valence-electron chi connectivity index (χ1n) is 8.94. The summed E-state index contributed by atoms with van der Waals surface area (Å²) >= 11 is 0. The van der Waals surface area contributed by atoms with Crippen molar-refractivity contribution in [1.29, 1.82) is 0 Å². The van der Waals surface area contributed by atoms with E-state index in [1.165, 1.54) is 0 Å². The Morgan fingerprint density at radius 2 is 2.19 bits per heavy atom. The molecule has 2 unspecified atom stereocenters. The van der Waals surface area contributed by atoms with Crippen molar-refractivity contribution in [3.63, 3.8) is 0 Å². The van der Waals surface area contributed by atoms with Gasteiger partial charge < -0.3 is 15.0 Å². The summed E-state index contributed by atoms with van der Waals surface area (Å²) in [5.41, 5.74) is 3.89. The average Bonchev–Trinajstić information content (AvgIpc) is 3.29. The molecule has 0 radical (unpaired) electrons. The van der Waals surface area contributed by atoms with Crippen LogP contribution in [-0.2, 0) is 4.79 Å². The van der Waals surface area contributed by atoms with Gasteiger partial charge in [-0.25, -0.2) is 4.98 Å². The SMILES string of the molecule is Cc1cccnc1C1CCN(C(=O)CC(O)c2nc3ccccc3[nH]2)C1. The van der Waals surface area contributed by atoms with Crippen molar-refractivity contribution in [2.24, 2.45) is 0 Å². The normalized spacial score (nSPS) is 18.4. The smallest absolute Gasteiger partial charge is 0.225 e. The Morgan fingerprint density at radius 3 is 3.00 bits per heavy atom. The Balaban J connectivity index is 1.41. The summed E-state index contributed by atoms with van der Waals surface area (Å²) in [6, 6.07) is 11.6. The maximum Gasteiger partial charge on any atom is 0.225 e. The summed E-state index contributed by atoms with van der Waals surface area (Å²) in [7, 11) is 0. The maximum atomic E-state index is 12.6. The van der Waals surface area contributed by atoms with Gasteiger partial charge in [0.15, 0.2) is 0 Å². The molecule has 2 atom stereocenters. The second kappa shape index (κ2) is 6.88. The number of benzene rings is 1. The number of rotatable bonds is 4. The minimum Gasteiger partial charge on any atom is -0.385 e. The van der Waals surface area contributed by atoms with Crippen LogP contribution in [0.2, 0.25) is 0 Å². The molecular formula is C20H22N4O2. The van der Waals surface area contributed by atoms with Crippen LogP contribution in [0.3, 0.4) is 0 Å². The number of nitrogens with zero attached hydrogens (tertiary/aromatic N) is 3. The molecule has 2 aromatic heterocycles. The molecule has 3 heterocycles. The molecule has 1 aliphatic heterocycles. The van der Waals surface area contributed by atoms with E-state index in [9.17, 15) is 9.90 Å². The number of aryl methyl sites for hydroxylation is 1. The van der Waals surface area contributed by atoms with Crippen molar-refractivity contribution >= 4 is 16.9 Å². The third-order valence-corrected chi connectivity index (χ3v) is 5.07. The van der Waals surface area contributed by atoms with E-state index in [1.807, 2.05) is 35.2 Å². The first-order valence-corrected chi connectivity index (χ1v) is 8.94. The maximum absolute atomic E-state index is 12.6. The molecule has 0 spiro atoms. The van der Waals surface area contributed by atoms with Crippen molar-refractivity contribution in [2.45, 2.75) is 31.8 Å². The van der Waals surface area contributed by atoms with Gasteiger partial charge in [0.2, 0.25) is 5.91 Å². The zero-order valence-corrected chi connectivity index (χ0v) is 14.7. The Morgan fingerprint density at radius 1 is 1.35 bits per heavy atom. The summed E-state index contributed by atoms with van der Waals surface area (Å²) in [5, 5.41) is 10.4. The highest BCUT2D eigenvalue weighted by atomic mass is 16.3. The number of pyridine rings is 1.